The van der Waals surface area contributed by atoms with E-state index in [0.717, 1.165) is 6.07 Å². The summed E-state index contributed by atoms with van der Waals surface area (Å²) in [5.41, 5.74) is 4.12. The van der Waals surface area contributed by atoms with Crippen LogP contribution >= 0.6 is 0 Å². The van der Waals surface area contributed by atoms with Crippen molar-refractivity contribution < 1.29 is 13.2 Å². The lowest BCUT2D eigenvalue weighted by molar-refractivity contribution is 0.491. The standard InChI is InChI=1S/C9H9F3N2/c1-4(13)9(14)7-5(10)2-3-6(11)8(7)12/h2-4,14H,13H2,1H3. The van der Waals surface area contributed by atoms with E-state index in [-0.39, 0.29) is 0 Å². The van der Waals surface area contributed by atoms with Gasteiger partial charge in [0.05, 0.1) is 11.3 Å². The van der Waals surface area contributed by atoms with E-state index < -0.39 is 34.8 Å². The first-order valence-electron chi connectivity index (χ1n) is 3.93. The molecule has 1 aromatic carbocycles. The average molecular weight is 202 g/mol. The minimum atomic E-state index is -1.37. The largest absolute Gasteiger partial charge is 0.323 e. The fourth-order valence-corrected chi connectivity index (χ4v) is 1.00. The molecule has 76 valence electrons. The van der Waals surface area contributed by atoms with Gasteiger partial charge in [-0.15, -0.1) is 0 Å². The van der Waals surface area contributed by atoms with Gasteiger partial charge in [-0.25, -0.2) is 13.2 Å². The normalized spacial score (nSPS) is 12.6. The molecule has 0 saturated carbocycles. The number of rotatable bonds is 2. The van der Waals surface area contributed by atoms with Crippen molar-refractivity contribution in [1.82, 2.24) is 0 Å². The minimum Gasteiger partial charge on any atom is -0.323 e. The Morgan fingerprint density at radius 2 is 1.79 bits per heavy atom. The lowest BCUT2D eigenvalue weighted by Crippen LogP contribution is -2.28. The van der Waals surface area contributed by atoms with E-state index in [4.69, 9.17) is 11.1 Å². The van der Waals surface area contributed by atoms with Crippen LogP contribution in [0.5, 0.6) is 0 Å². The van der Waals surface area contributed by atoms with Crippen molar-refractivity contribution in [2.24, 2.45) is 5.73 Å². The van der Waals surface area contributed by atoms with Crippen LogP contribution in [-0.2, 0) is 0 Å². The SMILES string of the molecule is CC(N)C(=N)c1c(F)ccc(F)c1F. The van der Waals surface area contributed by atoms with Gasteiger partial charge in [-0.1, -0.05) is 0 Å². The molecule has 1 rings (SSSR count). The summed E-state index contributed by atoms with van der Waals surface area (Å²) in [5.74, 6) is -3.54. The molecule has 0 saturated heterocycles. The van der Waals surface area contributed by atoms with Gasteiger partial charge < -0.3 is 11.1 Å². The van der Waals surface area contributed by atoms with Gasteiger partial charge in [0.15, 0.2) is 11.6 Å². The second-order valence-electron chi connectivity index (χ2n) is 2.92. The van der Waals surface area contributed by atoms with Gasteiger partial charge in [0.25, 0.3) is 0 Å². The third-order valence-corrected chi connectivity index (χ3v) is 1.77. The molecule has 0 amide bonds. The van der Waals surface area contributed by atoms with Crippen LogP contribution in [0, 0.1) is 22.9 Å². The number of benzene rings is 1. The van der Waals surface area contributed by atoms with Crippen molar-refractivity contribution >= 4 is 5.71 Å². The lowest BCUT2D eigenvalue weighted by Gasteiger charge is -2.10. The van der Waals surface area contributed by atoms with E-state index in [1.54, 1.807) is 0 Å². The fourth-order valence-electron chi connectivity index (χ4n) is 1.00. The highest BCUT2D eigenvalue weighted by Gasteiger charge is 2.19. The van der Waals surface area contributed by atoms with E-state index >= 15 is 0 Å². The molecule has 0 spiro atoms. The zero-order valence-corrected chi connectivity index (χ0v) is 7.44. The second kappa shape index (κ2) is 3.79. The number of hydrogen-bond acceptors (Lipinski definition) is 2. The monoisotopic (exact) mass is 202 g/mol. The predicted molar refractivity (Wildman–Crippen MR) is 46.8 cm³/mol. The van der Waals surface area contributed by atoms with Crippen molar-refractivity contribution in [3.63, 3.8) is 0 Å². The molecule has 14 heavy (non-hydrogen) atoms. The molecule has 0 radical (unpaired) electrons. The Kier molecular flexibility index (Phi) is 2.90. The molecular weight excluding hydrogens is 193 g/mol. The highest BCUT2D eigenvalue weighted by molar-refractivity contribution is 6.02. The Morgan fingerprint density at radius 1 is 1.29 bits per heavy atom. The summed E-state index contributed by atoms with van der Waals surface area (Å²) in [5, 5.41) is 7.29. The van der Waals surface area contributed by atoms with E-state index in [9.17, 15) is 13.2 Å². The molecule has 0 aliphatic heterocycles. The highest BCUT2D eigenvalue weighted by atomic mass is 19.2. The molecule has 0 bridgehead atoms. The van der Waals surface area contributed by atoms with Crippen molar-refractivity contribution in [2.75, 3.05) is 0 Å². The molecule has 0 fully saturated rings. The molecule has 5 heteroatoms. The van der Waals surface area contributed by atoms with E-state index in [0.29, 0.717) is 6.07 Å². The summed E-state index contributed by atoms with van der Waals surface area (Å²) in [6.07, 6.45) is 0. The topological polar surface area (TPSA) is 49.9 Å². The van der Waals surface area contributed by atoms with E-state index in [1.807, 2.05) is 0 Å². The third kappa shape index (κ3) is 1.77. The van der Waals surface area contributed by atoms with Crippen LogP contribution in [0.3, 0.4) is 0 Å². The first-order chi connectivity index (χ1) is 6.45. The molecule has 2 nitrogen and oxygen atoms in total. The predicted octanol–water partition coefficient (Wildman–Crippen LogP) is 1.82. The third-order valence-electron chi connectivity index (χ3n) is 1.77. The van der Waals surface area contributed by atoms with Gasteiger partial charge >= 0.3 is 0 Å². The maximum Gasteiger partial charge on any atom is 0.170 e. The second-order valence-corrected chi connectivity index (χ2v) is 2.92. The molecule has 0 heterocycles. The summed E-state index contributed by atoms with van der Waals surface area (Å²) in [4.78, 5) is 0. The van der Waals surface area contributed by atoms with Crippen LogP contribution in [0.25, 0.3) is 0 Å². The Bertz CT molecular complexity index is 375. The highest BCUT2D eigenvalue weighted by Crippen LogP contribution is 2.16. The first kappa shape index (κ1) is 10.7. The number of hydrogen-bond donors (Lipinski definition) is 2. The summed E-state index contributed by atoms with van der Waals surface area (Å²) >= 11 is 0. The summed E-state index contributed by atoms with van der Waals surface area (Å²) in [7, 11) is 0. The van der Waals surface area contributed by atoms with Gasteiger partial charge in [-0.05, 0) is 19.1 Å². The van der Waals surface area contributed by atoms with Crippen LogP contribution in [0.4, 0.5) is 13.2 Å². The van der Waals surface area contributed by atoms with E-state index in [2.05, 4.69) is 0 Å². The Balaban J connectivity index is 3.33. The van der Waals surface area contributed by atoms with Crippen LogP contribution in [0.15, 0.2) is 12.1 Å². The van der Waals surface area contributed by atoms with Gasteiger partial charge in [-0.2, -0.15) is 0 Å². The van der Waals surface area contributed by atoms with Gasteiger partial charge in [0.1, 0.15) is 5.82 Å². The molecule has 0 aliphatic rings. The summed E-state index contributed by atoms with van der Waals surface area (Å²) < 4.78 is 38.8. The molecule has 1 aromatic rings. The summed E-state index contributed by atoms with van der Waals surface area (Å²) in [6, 6.07) is 0.591. The summed E-state index contributed by atoms with van der Waals surface area (Å²) in [6.45, 7) is 1.39. The van der Waals surface area contributed by atoms with E-state index in [1.165, 1.54) is 6.92 Å². The lowest BCUT2D eigenvalue weighted by atomic mass is 10.0. The molecule has 3 N–H and O–H groups in total. The number of nitrogens with one attached hydrogen (secondary N) is 1. The zero-order valence-electron chi connectivity index (χ0n) is 7.44. The fraction of sp³-hybridized carbons (Fsp3) is 0.222. The van der Waals surface area contributed by atoms with Crippen molar-refractivity contribution in [1.29, 1.82) is 5.41 Å². The molecule has 0 aliphatic carbocycles. The zero-order chi connectivity index (χ0) is 10.9. The van der Waals surface area contributed by atoms with Gasteiger partial charge in [0.2, 0.25) is 0 Å². The Morgan fingerprint density at radius 3 is 2.29 bits per heavy atom. The molecular formula is C9H9F3N2. The first-order valence-corrected chi connectivity index (χ1v) is 3.93. The Labute approximate surface area is 79.0 Å². The molecule has 1 atom stereocenters. The van der Waals surface area contributed by atoms with Crippen LogP contribution in [0.1, 0.15) is 12.5 Å². The minimum absolute atomic E-state index is 0.459. The Hall–Kier alpha value is -1.36. The number of nitrogens with two attached hydrogens (primary N) is 1. The van der Waals surface area contributed by atoms with Crippen molar-refractivity contribution in [3.05, 3.63) is 35.1 Å². The maximum absolute atomic E-state index is 13.1. The maximum atomic E-state index is 13.1. The van der Waals surface area contributed by atoms with Crippen molar-refractivity contribution in [2.45, 2.75) is 13.0 Å². The van der Waals surface area contributed by atoms with Crippen molar-refractivity contribution in [3.8, 4) is 0 Å². The quantitative estimate of drug-likeness (QED) is 0.557. The van der Waals surface area contributed by atoms with Crippen LogP contribution < -0.4 is 5.73 Å². The number of halogens is 3. The smallest absolute Gasteiger partial charge is 0.170 e. The molecule has 1 unspecified atom stereocenters. The van der Waals surface area contributed by atoms with Crippen LogP contribution in [0.2, 0.25) is 0 Å². The molecule has 0 aromatic heterocycles. The average Bonchev–Trinajstić information content (AvgIpc) is 2.12. The van der Waals surface area contributed by atoms with Gasteiger partial charge in [-0.3, -0.25) is 0 Å². The van der Waals surface area contributed by atoms with Gasteiger partial charge in [0, 0.05) is 6.04 Å². The van der Waals surface area contributed by atoms with Crippen LogP contribution in [-0.4, -0.2) is 11.8 Å².